The van der Waals surface area contributed by atoms with Gasteiger partial charge < -0.3 is 9.84 Å². The smallest absolute Gasteiger partial charge is 0.273 e. The number of rotatable bonds is 9. The van der Waals surface area contributed by atoms with Gasteiger partial charge in [-0.25, -0.2) is 5.43 Å². The maximum absolute atomic E-state index is 12.0. The van der Waals surface area contributed by atoms with Gasteiger partial charge in [-0.3, -0.25) is 14.9 Å². The van der Waals surface area contributed by atoms with Crippen LogP contribution in [0.15, 0.2) is 54.2 Å². The summed E-state index contributed by atoms with van der Waals surface area (Å²) in [5.74, 6) is -0.130. The molecule has 8 nitrogen and oxygen atoms in total. The zero-order valence-corrected chi connectivity index (χ0v) is 15.4. The fourth-order valence-electron chi connectivity index (χ4n) is 2.57. The Morgan fingerprint density at radius 3 is 2.79 bits per heavy atom. The first-order chi connectivity index (χ1) is 13.5. The predicted octanol–water partition coefficient (Wildman–Crippen LogP) is 3.12. The normalized spacial score (nSPS) is 10.6. The second-order valence-corrected chi connectivity index (χ2v) is 5.81. The summed E-state index contributed by atoms with van der Waals surface area (Å²) in [6.45, 7) is 5.84. The van der Waals surface area contributed by atoms with Crippen molar-refractivity contribution in [3.63, 3.8) is 0 Å². The van der Waals surface area contributed by atoms with E-state index in [1.807, 2.05) is 0 Å². The van der Waals surface area contributed by atoms with E-state index in [1.165, 1.54) is 18.3 Å². The van der Waals surface area contributed by atoms with E-state index in [1.54, 1.807) is 37.3 Å². The van der Waals surface area contributed by atoms with Gasteiger partial charge in [0, 0.05) is 17.2 Å². The van der Waals surface area contributed by atoms with Crippen molar-refractivity contribution in [1.29, 1.82) is 0 Å². The van der Waals surface area contributed by atoms with Gasteiger partial charge in [0.15, 0.2) is 11.5 Å². The SMILES string of the molecule is C=CCc1cc(C=NNC(=O)Cc2ccccc2[N+](=O)[O-])cc(OCC)c1O. The molecule has 0 atom stereocenters. The van der Waals surface area contributed by atoms with Gasteiger partial charge >= 0.3 is 0 Å². The van der Waals surface area contributed by atoms with Crippen LogP contribution in [0.2, 0.25) is 0 Å². The van der Waals surface area contributed by atoms with Crippen molar-refractivity contribution in [2.75, 3.05) is 6.61 Å². The molecule has 0 unspecified atom stereocenters. The number of amides is 1. The van der Waals surface area contributed by atoms with Gasteiger partial charge in [-0.05, 0) is 31.0 Å². The van der Waals surface area contributed by atoms with Crippen LogP contribution >= 0.6 is 0 Å². The third-order valence-corrected chi connectivity index (χ3v) is 3.78. The largest absolute Gasteiger partial charge is 0.504 e. The van der Waals surface area contributed by atoms with E-state index in [2.05, 4.69) is 17.1 Å². The molecule has 0 aliphatic carbocycles. The Kier molecular flexibility index (Phi) is 7.27. The number of nitro benzene ring substituents is 1. The summed E-state index contributed by atoms with van der Waals surface area (Å²) < 4.78 is 5.41. The highest BCUT2D eigenvalue weighted by Gasteiger charge is 2.15. The molecule has 0 saturated heterocycles. The summed E-state index contributed by atoms with van der Waals surface area (Å²) in [4.78, 5) is 22.5. The molecule has 2 N–H and O–H groups in total. The van der Waals surface area contributed by atoms with Crippen LogP contribution in [-0.4, -0.2) is 28.8 Å². The van der Waals surface area contributed by atoms with E-state index in [9.17, 15) is 20.0 Å². The summed E-state index contributed by atoms with van der Waals surface area (Å²) in [7, 11) is 0. The number of hydrogen-bond donors (Lipinski definition) is 2. The molecule has 0 aliphatic heterocycles. The summed E-state index contributed by atoms with van der Waals surface area (Å²) in [5, 5.41) is 25.1. The van der Waals surface area contributed by atoms with Gasteiger partial charge in [0.25, 0.3) is 5.69 Å². The minimum Gasteiger partial charge on any atom is -0.504 e. The Morgan fingerprint density at radius 2 is 2.11 bits per heavy atom. The third kappa shape index (κ3) is 5.41. The Labute approximate surface area is 162 Å². The quantitative estimate of drug-likeness (QED) is 0.299. The lowest BCUT2D eigenvalue weighted by Crippen LogP contribution is -2.20. The zero-order chi connectivity index (χ0) is 20.5. The van der Waals surface area contributed by atoms with Crippen molar-refractivity contribution >= 4 is 17.8 Å². The highest BCUT2D eigenvalue weighted by molar-refractivity contribution is 5.84. The number of phenolic OH excluding ortho intramolecular Hbond substituents is 1. The number of allylic oxidation sites excluding steroid dienone is 1. The van der Waals surface area contributed by atoms with Crippen LogP contribution in [0.25, 0.3) is 0 Å². The summed E-state index contributed by atoms with van der Waals surface area (Å²) >= 11 is 0. The van der Waals surface area contributed by atoms with Crippen LogP contribution in [-0.2, 0) is 17.6 Å². The molecule has 8 heteroatoms. The number of nitrogens with zero attached hydrogens (tertiary/aromatic N) is 2. The van der Waals surface area contributed by atoms with Crippen molar-refractivity contribution in [2.24, 2.45) is 5.10 Å². The Hall–Kier alpha value is -3.68. The van der Waals surface area contributed by atoms with E-state index < -0.39 is 10.8 Å². The molecule has 0 spiro atoms. The first kappa shape index (κ1) is 20.6. The lowest BCUT2D eigenvalue weighted by Gasteiger charge is -2.10. The van der Waals surface area contributed by atoms with Crippen molar-refractivity contribution in [1.82, 2.24) is 5.43 Å². The van der Waals surface area contributed by atoms with Gasteiger partial charge in [-0.1, -0.05) is 24.3 Å². The van der Waals surface area contributed by atoms with Gasteiger partial charge in [-0.15, -0.1) is 6.58 Å². The van der Waals surface area contributed by atoms with E-state index in [0.717, 1.165) is 0 Å². The average molecular weight is 383 g/mol. The van der Waals surface area contributed by atoms with Gasteiger partial charge in [0.05, 0.1) is 24.2 Å². The molecule has 0 bridgehead atoms. The standard InChI is InChI=1S/C20H21N3O5/c1-3-7-16-10-14(11-18(20(16)25)28-4-2)13-21-22-19(24)12-15-8-5-6-9-17(15)23(26)27/h3,5-6,8-11,13,25H,1,4,7,12H2,2H3,(H,22,24). The highest BCUT2D eigenvalue weighted by Crippen LogP contribution is 2.31. The van der Waals surface area contributed by atoms with E-state index in [0.29, 0.717) is 35.5 Å². The lowest BCUT2D eigenvalue weighted by molar-refractivity contribution is -0.385. The summed E-state index contributed by atoms with van der Waals surface area (Å²) in [5.41, 5.74) is 3.77. The number of para-hydroxylation sites is 1. The molecule has 0 heterocycles. The van der Waals surface area contributed by atoms with E-state index in [-0.39, 0.29) is 17.9 Å². The van der Waals surface area contributed by atoms with Gasteiger partial charge in [0.2, 0.25) is 5.91 Å². The molecule has 0 saturated carbocycles. The number of benzene rings is 2. The molecule has 2 rings (SSSR count). The van der Waals surface area contributed by atoms with Crippen molar-refractivity contribution in [2.45, 2.75) is 19.8 Å². The Balaban J connectivity index is 2.11. The molecule has 0 fully saturated rings. The number of ether oxygens (including phenoxy) is 1. The topological polar surface area (TPSA) is 114 Å². The van der Waals surface area contributed by atoms with Crippen LogP contribution in [0.5, 0.6) is 11.5 Å². The highest BCUT2D eigenvalue weighted by atomic mass is 16.6. The molecule has 1 amide bonds. The lowest BCUT2D eigenvalue weighted by atomic mass is 10.1. The molecular weight excluding hydrogens is 362 g/mol. The molecule has 0 aromatic heterocycles. The Morgan fingerprint density at radius 1 is 1.36 bits per heavy atom. The van der Waals surface area contributed by atoms with Gasteiger partial charge in [-0.2, -0.15) is 5.10 Å². The van der Waals surface area contributed by atoms with Crippen molar-refractivity contribution in [3.05, 3.63) is 75.9 Å². The number of aromatic hydroxyl groups is 1. The number of carbonyl (C=O) groups excluding carboxylic acids is 1. The van der Waals surface area contributed by atoms with Crippen LogP contribution in [0.4, 0.5) is 5.69 Å². The first-order valence-corrected chi connectivity index (χ1v) is 8.60. The monoisotopic (exact) mass is 383 g/mol. The average Bonchev–Trinajstić information content (AvgIpc) is 2.66. The van der Waals surface area contributed by atoms with Crippen molar-refractivity contribution in [3.8, 4) is 11.5 Å². The number of hydrogen-bond acceptors (Lipinski definition) is 6. The number of nitrogens with one attached hydrogen (secondary N) is 1. The minimum atomic E-state index is -0.529. The maximum atomic E-state index is 12.0. The van der Waals surface area contributed by atoms with E-state index in [4.69, 9.17) is 4.74 Å². The van der Waals surface area contributed by atoms with E-state index >= 15 is 0 Å². The first-order valence-electron chi connectivity index (χ1n) is 8.60. The fraction of sp³-hybridized carbons (Fsp3) is 0.200. The maximum Gasteiger partial charge on any atom is 0.273 e. The second-order valence-electron chi connectivity index (χ2n) is 5.81. The van der Waals surface area contributed by atoms with Crippen LogP contribution < -0.4 is 10.2 Å². The van der Waals surface area contributed by atoms with Crippen LogP contribution in [0, 0.1) is 10.1 Å². The molecule has 146 valence electrons. The predicted molar refractivity (Wildman–Crippen MR) is 106 cm³/mol. The summed E-state index contributed by atoms with van der Waals surface area (Å²) in [6, 6.07) is 9.35. The van der Waals surface area contributed by atoms with Crippen LogP contribution in [0.1, 0.15) is 23.6 Å². The number of phenols is 1. The molecule has 0 aliphatic rings. The van der Waals surface area contributed by atoms with Gasteiger partial charge in [0.1, 0.15) is 0 Å². The number of nitro groups is 1. The Bertz CT molecular complexity index is 909. The van der Waals surface area contributed by atoms with Crippen LogP contribution in [0.3, 0.4) is 0 Å². The molecule has 2 aromatic carbocycles. The third-order valence-electron chi connectivity index (χ3n) is 3.78. The molecule has 2 aromatic rings. The number of carbonyl (C=O) groups is 1. The molecule has 28 heavy (non-hydrogen) atoms. The summed E-state index contributed by atoms with van der Waals surface area (Å²) in [6.07, 6.45) is 3.33. The van der Waals surface area contributed by atoms with Crippen molar-refractivity contribution < 1.29 is 19.6 Å². The minimum absolute atomic E-state index is 0.0410. The second kappa shape index (κ2) is 9.86. The zero-order valence-electron chi connectivity index (χ0n) is 15.4. The fourth-order valence-corrected chi connectivity index (χ4v) is 2.57. The number of hydrazone groups is 1. The molecular formula is C20H21N3O5. The molecule has 0 radical (unpaired) electrons.